The molecule has 3 aromatic carbocycles. The molecule has 0 unspecified atom stereocenters. The van der Waals surface area contributed by atoms with Gasteiger partial charge in [0.15, 0.2) is 11.5 Å². The highest BCUT2D eigenvalue weighted by molar-refractivity contribution is 5.87. The fourth-order valence-corrected chi connectivity index (χ4v) is 2.51. The van der Waals surface area contributed by atoms with Crippen LogP contribution in [0.15, 0.2) is 71.7 Å². The maximum Gasteiger partial charge on any atom is 0.335 e. The number of carbonyl (C=O) groups is 1. The van der Waals surface area contributed by atoms with Crippen LogP contribution in [0.3, 0.4) is 0 Å². The number of aromatic carboxylic acids is 1. The number of rotatable bonds is 7. The van der Waals surface area contributed by atoms with Gasteiger partial charge in [0.1, 0.15) is 12.4 Å². The fraction of sp³-hybridized carbons (Fsp3) is 0.0909. The van der Waals surface area contributed by atoms with Crippen LogP contribution in [0.2, 0.25) is 0 Å². The van der Waals surface area contributed by atoms with Crippen LogP contribution in [0, 0.1) is 0 Å². The van der Waals surface area contributed by atoms with Crippen molar-refractivity contribution in [1.29, 1.82) is 0 Å². The van der Waals surface area contributed by atoms with Gasteiger partial charge in [-0.15, -0.1) is 0 Å². The van der Waals surface area contributed by atoms with Crippen LogP contribution in [0.1, 0.15) is 21.5 Å². The van der Waals surface area contributed by atoms with Gasteiger partial charge < -0.3 is 19.7 Å². The van der Waals surface area contributed by atoms with Gasteiger partial charge in [-0.2, -0.15) is 0 Å². The molecular formula is C22H19NO5. The minimum Gasteiger partial charge on any atom is -0.508 e. The van der Waals surface area contributed by atoms with E-state index in [0.717, 1.165) is 11.1 Å². The molecule has 0 atom stereocenters. The highest BCUT2D eigenvalue weighted by Gasteiger charge is 2.07. The Labute approximate surface area is 162 Å². The first kappa shape index (κ1) is 19.0. The van der Waals surface area contributed by atoms with E-state index in [2.05, 4.69) is 4.99 Å². The monoisotopic (exact) mass is 377 g/mol. The summed E-state index contributed by atoms with van der Waals surface area (Å²) in [5.74, 6) is 0.325. The predicted molar refractivity (Wildman–Crippen MR) is 106 cm³/mol. The third-order valence-electron chi connectivity index (χ3n) is 3.98. The molecule has 6 heteroatoms. The Morgan fingerprint density at radius 1 is 1.04 bits per heavy atom. The Kier molecular flexibility index (Phi) is 5.91. The molecule has 0 aliphatic heterocycles. The summed E-state index contributed by atoms with van der Waals surface area (Å²) in [5, 5.41) is 18.4. The zero-order valence-electron chi connectivity index (χ0n) is 15.2. The molecule has 3 aromatic rings. The van der Waals surface area contributed by atoms with Gasteiger partial charge in [0.05, 0.1) is 18.4 Å². The molecule has 0 spiro atoms. The molecule has 3 rings (SSSR count). The summed E-state index contributed by atoms with van der Waals surface area (Å²) < 4.78 is 11.2. The molecule has 28 heavy (non-hydrogen) atoms. The predicted octanol–water partition coefficient (Wildman–Crippen LogP) is 4.43. The molecule has 0 radical (unpaired) electrons. The molecule has 0 bridgehead atoms. The van der Waals surface area contributed by atoms with Gasteiger partial charge in [-0.1, -0.05) is 18.2 Å². The molecule has 0 saturated carbocycles. The Balaban J connectivity index is 1.69. The van der Waals surface area contributed by atoms with Crippen LogP contribution in [0.25, 0.3) is 0 Å². The van der Waals surface area contributed by atoms with E-state index in [1.807, 2.05) is 6.07 Å². The highest BCUT2D eigenvalue weighted by atomic mass is 16.5. The van der Waals surface area contributed by atoms with Gasteiger partial charge >= 0.3 is 5.97 Å². The van der Waals surface area contributed by atoms with Crippen LogP contribution in [0.4, 0.5) is 5.69 Å². The van der Waals surface area contributed by atoms with Crippen molar-refractivity contribution in [2.24, 2.45) is 4.99 Å². The number of phenols is 1. The van der Waals surface area contributed by atoms with E-state index in [9.17, 15) is 9.90 Å². The first-order valence-corrected chi connectivity index (χ1v) is 8.51. The van der Waals surface area contributed by atoms with E-state index >= 15 is 0 Å². The molecule has 0 aliphatic carbocycles. The van der Waals surface area contributed by atoms with Gasteiger partial charge in [0, 0.05) is 12.3 Å². The average molecular weight is 377 g/mol. The molecule has 0 fully saturated rings. The van der Waals surface area contributed by atoms with Crippen LogP contribution >= 0.6 is 0 Å². The van der Waals surface area contributed by atoms with E-state index in [0.29, 0.717) is 17.2 Å². The summed E-state index contributed by atoms with van der Waals surface area (Å²) in [6, 6.07) is 18.6. The van der Waals surface area contributed by atoms with Crippen molar-refractivity contribution in [3.8, 4) is 17.2 Å². The number of ether oxygens (including phenoxy) is 2. The number of hydrogen-bond donors (Lipinski definition) is 2. The van der Waals surface area contributed by atoms with E-state index in [1.54, 1.807) is 74.0 Å². The highest BCUT2D eigenvalue weighted by Crippen LogP contribution is 2.29. The van der Waals surface area contributed by atoms with Gasteiger partial charge in [-0.3, -0.25) is 4.99 Å². The van der Waals surface area contributed by atoms with Gasteiger partial charge in [0.2, 0.25) is 0 Å². The number of methoxy groups -OCH3 is 1. The van der Waals surface area contributed by atoms with E-state index < -0.39 is 5.97 Å². The van der Waals surface area contributed by atoms with Crippen molar-refractivity contribution in [2.45, 2.75) is 6.61 Å². The normalized spacial score (nSPS) is 10.8. The zero-order valence-corrected chi connectivity index (χ0v) is 15.2. The molecule has 2 N–H and O–H groups in total. The molecule has 142 valence electrons. The Morgan fingerprint density at radius 2 is 1.82 bits per heavy atom. The number of aliphatic imine (C=N–C) groups is 1. The van der Waals surface area contributed by atoms with Gasteiger partial charge in [-0.25, -0.2) is 4.79 Å². The minimum atomic E-state index is -0.961. The third-order valence-corrected chi connectivity index (χ3v) is 3.98. The molecular weight excluding hydrogens is 358 g/mol. The van der Waals surface area contributed by atoms with E-state index in [-0.39, 0.29) is 17.9 Å². The lowest BCUT2D eigenvalue weighted by Crippen LogP contribution is -2.00. The van der Waals surface area contributed by atoms with Crippen molar-refractivity contribution in [3.05, 3.63) is 83.4 Å². The molecule has 0 aromatic heterocycles. The second kappa shape index (κ2) is 8.73. The van der Waals surface area contributed by atoms with Crippen LogP contribution in [0.5, 0.6) is 17.2 Å². The van der Waals surface area contributed by atoms with Gasteiger partial charge in [-0.05, 0) is 53.6 Å². The lowest BCUT2D eigenvalue weighted by atomic mass is 10.1. The Morgan fingerprint density at radius 3 is 2.50 bits per heavy atom. The van der Waals surface area contributed by atoms with Crippen LogP contribution in [-0.2, 0) is 6.61 Å². The first-order valence-electron chi connectivity index (χ1n) is 8.51. The standard InChI is InChI=1S/C22H19NO5/c1-27-21-11-16(13-23-18-3-2-4-19(24)12-18)7-10-20(21)28-14-15-5-8-17(9-6-15)22(25)26/h2-13,24H,14H2,1H3,(H,25,26). The Hall–Kier alpha value is -3.80. The van der Waals surface area contributed by atoms with Crippen molar-refractivity contribution in [3.63, 3.8) is 0 Å². The maximum absolute atomic E-state index is 10.9. The number of carboxylic acids is 1. The zero-order chi connectivity index (χ0) is 19.9. The number of benzene rings is 3. The molecule has 0 heterocycles. The summed E-state index contributed by atoms with van der Waals surface area (Å²) in [5.41, 5.74) is 2.54. The summed E-state index contributed by atoms with van der Waals surface area (Å²) in [4.78, 5) is 15.2. The second-order valence-corrected chi connectivity index (χ2v) is 5.98. The van der Waals surface area contributed by atoms with Crippen LogP contribution in [-0.4, -0.2) is 29.5 Å². The fourth-order valence-electron chi connectivity index (χ4n) is 2.51. The Bertz CT molecular complexity index is 996. The van der Waals surface area contributed by atoms with E-state index in [4.69, 9.17) is 14.6 Å². The summed E-state index contributed by atoms with van der Waals surface area (Å²) >= 11 is 0. The maximum atomic E-state index is 10.9. The van der Waals surface area contributed by atoms with Crippen LogP contribution < -0.4 is 9.47 Å². The summed E-state index contributed by atoms with van der Waals surface area (Å²) in [7, 11) is 1.56. The lowest BCUT2D eigenvalue weighted by Gasteiger charge is -2.11. The number of nitrogens with zero attached hydrogens (tertiary/aromatic N) is 1. The topological polar surface area (TPSA) is 88.4 Å². The number of aromatic hydroxyl groups is 1. The number of carboxylic acid groups (broad SMARTS) is 1. The summed E-state index contributed by atoms with van der Waals surface area (Å²) in [6.07, 6.45) is 1.67. The molecule has 0 saturated heterocycles. The van der Waals surface area contributed by atoms with Gasteiger partial charge in [0.25, 0.3) is 0 Å². The van der Waals surface area contributed by atoms with Crippen molar-refractivity contribution >= 4 is 17.9 Å². The quantitative estimate of drug-likeness (QED) is 0.595. The number of hydrogen-bond acceptors (Lipinski definition) is 5. The first-order chi connectivity index (χ1) is 13.5. The second-order valence-electron chi connectivity index (χ2n) is 5.98. The summed E-state index contributed by atoms with van der Waals surface area (Å²) in [6.45, 7) is 0.285. The molecule has 0 amide bonds. The lowest BCUT2D eigenvalue weighted by molar-refractivity contribution is 0.0697. The largest absolute Gasteiger partial charge is 0.508 e. The molecule has 0 aliphatic rings. The SMILES string of the molecule is COc1cc(C=Nc2cccc(O)c2)ccc1OCc1ccc(C(=O)O)cc1. The third kappa shape index (κ3) is 4.88. The minimum absolute atomic E-state index is 0.160. The average Bonchev–Trinajstić information content (AvgIpc) is 2.71. The molecule has 6 nitrogen and oxygen atoms in total. The van der Waals surface area contributed by atoms with Crippen molar-refractivity contribution in [2.75, 3.05) is 7.11 Å². The van der Waals surface area contributed by atoms with Crippen molar-refractivity contribution < 1.29 is 24.5 Å². The van der Waals surface area contributed by atoms with Crippen molar-refractivity contribution in [1.82, 2.24) is 0 Å². The van der Waals surface area contributed by atoms with E-state index in [1.165, 1.54) is 0 Å². The smallest absolute Gasteiger partial charge is 0.335 e. The number of phenolic OH excluding ortho intramolecular Hbond substituents is 1.